The Bertz CT molecular complexity index is 1380. The summed E-state index contributed by atoms with van der Waals surface area (Å²) in [6.07, 6.45) is 1.85. The molecule has 2 heterocycles. The minimum absolute atomic E-state index is 0.112. The van der Waals surface area contributed by atoms with E-state index >= 15 is 0 Å². The Kier molecular flexibility index (Phi) is 6.72. The van der Waals surface area contributed by atoms with Gasteiger partial charge in [-0.3, -0.25) is 9.10 Å². The Morgan fingerprint density at radius 1 is 1.17 bits per heavy atom. The number of nitrogens with zero attached hydrogens (tertiary/aromatic N) is 3. The monoisotopic (exact) mass is 514 g/mol. The maximum atomic E-state index is 13.1. The molecule has 2 aromatic carbocycles. The fourth-order valence-corrected chi connectivity index (χ4v) is 5.37. The predicted octanol–water partition coefficient (Wildman–Crippen LogP) is 4.57. The number of anilines is 1. The molecule has 7 nitrogen and oxygen atoms in total. The van der Waals surface area contributed by atoms with Crippen LogP contribution in [0.3, 0.4) is 0 Å². The van der Waals surface area contributed by atoms with E-state index in [1.807, 2.05) is 54.1 Å². The molecule has 186 valence electrons. The fraction of sp³-hybridized carbons (Fsp3) is 0.385. The van der Waals surface area contributed by atoms with Gasteiger partial charge in [0, 0.05) is 17.0 Å². The molecule has 1 atom stereocenters. The number of benzene rings is 2. The molecule has 35 heavy (non-hydrogen) atoms. The van der Waals surface area contributed by atoms with Crippen LogP contribution in [0.5, 0.6) is 0 Å². The molecule has 0 saturated heterocycles. The number of rotatable bonds is 6. The number of amides is 1. The Labute approximate surface area is 212 Å². The van der Waals surface area contributed by atoms with Crippen LogP contribution in [-0.2, 0) is 33.2 Å². The Morgan fingerprint density at radius 2 is 1.91 bits per heavy atom. The zero-order valence-electron chi connectivity index (χ0n) is 20.7. The number of hydrogen-bond donors (Lipinski definition) is 1. The van der Waals surface area contributed by atoms with E-state index in [-0.39, 0.29) is 11.3 Å². The number of carbonyl (C=O) groups is 1. The van der Waals surface area contributed by atoms with Crippen molar-refractivity contribution in [3.63, 3.8) is 0 Å². The first-order chi connectivity index (χ1) is 16.3. The van der Waals surface area contributed by atoms with Gasteiger partial charge < -0.3 is 5.32 Å². The van der Waals surface area contributed by atoms with Crippen molar-refractivity contribution in [2.24, 2.45) is 0 Å². The lowest BCUT2D eigenvalue weighted by Crippen LogP contribution is -2.28. The lowest BCUT2D eigenvalue weighted by molar-refractivity contribution is -0.122. The molecular weight excluding hydrogens is 484 g/mol. The number of aromatic nitrogens is 2. The number of halogens is 1. The van der Waals surface area contributed by atoms with Crippen molar-refractivity contribution in [1.29, 1.82) is 0 Å². The summed E-state index contributed by atoms with van der Waals surface area (Å²) in [5.74, 6) is -0.503. The number of hydrogen-bond acceptors (Lipinski definition) is 4. The molecule has 0 radical (unpaired) electrons. The van der Waals surface area contributed by atoms with Crippen LogP contribution in [0.15, 0.2) is 48.5 Å². The molecule has 1 N–H and O–H groups in total. The van der Waals surface area contributed by atoms with Crippen molar-refractivity contribution in [1.82, 2.24) is 15.1 Å². The topological polar surface area (TPSA) is 84.3 Å². The predicted molar refractivity (Wildman–Crippen MR) is 140 cm³/mol. The Hall–Kier alpha value is -2.84. The van der Waals surface area contributed by atoms with Crippen molar-refractivity contribution in [3.8, 4) is 5.69 Å². The third kappa shape index (κ3) is 5.38. The van der Waals surface area contributed by atoms with E-state index in [2.05, 4.69) is 26.1 Å². The largest absolute Gasteiger partial charge is 0.350 e. The molecule has 1 aliphatic rings. The van der Waals surface area contributed by atoms with Gasteiger partial charge >= 0.3 is 0 Å². The van der Waals surface area contributed by atoms with Gasteiger partial charge in [0.2, 0.25) is 15.9 Å². The van der Waals surface area contributed by atoms with Crippen LogP contribution in [0, 0.1) is 0 Å². The van der Waals surface area contributed by atoms with Gasteiger partial charge in [0.1, 0.15) is 0 Å². The summed E-state index contributed by atoms with van der Waals surface area (Å²) < 4.78 is 27.2. The summed E-state index contributed by atoms with van der Waals surface area (Å²) in [7, 11) is -3.31. The zero-order chi connectivity index (χ0) is 25.5. The second kappa shape index (κ2) is 9.32. The van der Waals surface area contributed by atoms with Gasteiger partial charge in [-0.1, -0.05) is 50.6 Å². The highest BCUT2D eigenvalue weighted by molar-refractivity contribution is 7.92. The Balaban J connectivity index is 1.53. The highest BCUT2D eigenvalue weighted by atomic mass is 35.5. The molecule has 4 rings (SSSR count). The number of carbonyl (C=O) groups excluding carboxylic acids is 1. The van der Waals surface area contributed by atoms with E-state index in [0.717, 1.165) is 28.2 Å². The third-order valence-electron chi connectivity index (χ3n) is 6.30. The highest BCUT2D eigenvalue weighted by Crippen LogP contribution is 2.32. The van der Waals surface area contributed by atoms with E-state index in [1.165, 1.54) is 10.6 Å². The lowest BCUT2D eigenvalue weighted by atomic mass is 9.92. The van der Waals surface area contributed by atoms with E-state index < -0.39 is 15.9 Å². The summed E-state index contributed by atoms with van der Waals surface area (Å²) in [6.45, 7) is 8.89. The van der Waals surface area contributed by atoms with Crippen molar-refractivity contribution >= 4 is 33.2 Å². The minimum atomic E-state index is -3.31. The molecule has 0 saturated carbocycles. The number of nitrogens with one attached hydrogen (secondary N) is 1. The molecule has 1 unspecified atom stereocenters. The molecule has 1 amide bonds. The van der Waals surface area contributed by atoms with Crippen LogP contribution >= 0.6 is 11.6 Å². The first-order valence-corrected chi connectivity index (χ1v) is 13.8. The van der Waals surface area contributed by atoms with Crippen LogP contribution in [0.25, 0.3) is 5.69 Å². The van der Waals surface area contributed by atoms with Crippen LogP contribution in [0.1, 0.15) is 56.1 Å². The first-order valence-electron chi connectivity index (χ1n) is 11.6. The van der Waals surface area contributed by atoms with Crippen LogP contribution < -0.4 is 9.62 Å². The van der Waals surface area contributed by atoms with Gasteiger partial charge in [0.05, 0.1) is 41.5 Å². The van der Waals surface area contributed by atoms with Crippen molar-refractivity contribution in [2.75, 3.05) is 17.1 Å². The van der Waals surface area contributed by atoms with Gasteiger partial charge in [-0.2, -0.15) is 5.10 Å². The second-order valence-electron chi connectivity index (χ2n) is 10.1. The molecule has 0 fully saturated rings. The molecule has 1 aliphatic heterocycles. The third-order valence-corrected chi connectivity index (χ3v) is 7.71. The van der Waals surface area contributed by atoms with Crippen molar-refractivity contribution in [3.05, 3.63) is 76.1 Å². The SMILES string of the molecule is CC(C(=O)NCc1cc(C(C)(C)C)nn1-c1cccc(Cl)c1)c1ccc2c(c1)CCN2S(C)(=O)=O. The molecule has 0 spiro atoms. The first kappa shape index (κ1) is 25.3. The van der Waals surface area contributed by atoms with Crippen molar-refractivity contribution in [2.45, 2.75) is 52.0 Å². The van der Waals surface area contributed by atoms with Gasteiger partial charge in [-0.05, 0) is 54.8 Å². The van der Waals surface area contributed by atoms with Gasteiger partial charge in [-0.25, -0.2) is 13.1 Å². The summed E-state index contributed by atoms with van der Waals surface area (Å²) in [5, 5.41) is 8.46. The van der Waals surface area contributed by atoms with E-state index in [4.69, 9.17) is 16.7 Å². The number of fused-ring (bicyclic) bond motifs is 1. The Morgan fingerprint density at radius 3 is 2.57 bits per heavy atom. The fourth-order valence-electron chi connectivity index (χ4n) is 4.23. The average molecular weight is 515 g/mol. The van der Waals surface area contributed by atoms with Gasteiger partial charge in [0.25, 0.3) is 0 Å². The average Bonchev–Trinajstić information content (AvgIpc) is 3.40. The molecule has 0 bridgehead atoms. The lowest BCUT2D eigenvalue weighted by Gasteiger charge is -2.18. The minimum Gasteiger partial charge on any atom is -0.350 e. The zero-order valence-corrected chi connectivity index (χ0v) is 22.2. The van der Waals surface area contributed by atoms with E-state index in [1.54, 1.807) is 6.07 Å². The summed E-state index contributed by atoms with van der Waals surface area (Å²) in [4.78, 5) is 13.1. The van der Waals surface area contributed by atoms with E-state index in [0.29, 0.717) is 30.2 Å². The summed E-state index contributed by atoms with van der Waals surface area (Å²) in [5.41, 5.74) is 4.96. The molecular formula is C26H31ClN4O3S. The van der Waals surface area contributed by atoms with Gasteiger partial charge in [0.15, 0.2) is 0 Å². The van der Waals surface area contributed by atoms with Crippen LogP contribution in [0.4, 0.5) is 5.69 Å². The molecule has 9 heteroatoms. The summed E-state index contributed by atoms with van der Waals surface area (Å²) in [6, 6.07) is 15.1. The normalized spacial score (nSPS) is 14.6. The highest BCUT2D eigenvalue weighted by Gasteiger charge is 2.27. The maximum Gasteiger partial charge on any atom is 0.232 e. The smallest absolute Gasteiger partial charge is 0.232 e. The molecule has 1 aromatic heterocycles. The van der Waals surface area contributed by atoms with Crippen molar-refractivity contribution < 1.29 is 13.2 Å². The molecule has 0 aliphatic carbocycles. The van der Waals surface area contributed by atoms with Crippen LogP contribution in [-0.4, -0.2) is 36.9 Å². The van der Waals surface area contributed by atoms with E-state index in [9.17, 15) is 13.2 Å². The number of sulfonamides is 1. The quantitative estimate of drug-likeness (QED) is 0.522. The standard InChI is InChI=1S/C26H31ClN4O3S/c1-17(18-9-10-23-19(13-18)11-12-30(23)35(5,33)34)25(32)28-16-22-15-24(26(2,3)4)29-31(22)21-8-6-7-20(27)14-21/h6-10,13-15,17H,11-12,16H2,1-5H3,(H,28,32). The summed E-state index contributed by atoms with van der Waals surface area (Å²) >= 11 is 6.21. The maximum absolute atomic E-state index is 13.1. The van der Waals surface area contributed by atoms with Gasteiger partial charge in [-0.15, -0.1) is 0 Å². The van der Waals surface area contributed by atoms with Crippen LogP contribution in [0.2, 0.25) is 5.02 Å². The second-order valence-corrected chi connectivity index (χ2v) is 12.4. The molecule has 3 aromatic rings.